The number of imide groups is 1. The fourth-order valence-corrected chi connectivity index (χ4v) is 4.25. The molecule has 1 aliphatic carbocycles. The molecule has 1 aliphatic heterocycles. The number of rotatable bonds is 1. The smallest absolute Gasteiger partial charge is 0.237 e. The second-order valence-corrected chi connectivity index (χ2v) is 6.42. The van der Waals surface area contributed by atoms with Gasteiger partial charge in [0.05, 0.1) is 17.5 Å². The zero-order valence-electron chi connectivity index (χ0n) is 11.1. The lowest BCUT2D eigenvalue weighted by Gasteiger charge is -2.20. The molecule has 3 rings (SSSR count). The zero-order valence-corrected chi connectivity index (χ0v) is 12.7. The third-order valence-electron chi connectivity index (χ3n) is 4.21. The Morgan fingerprint density at radius 1 is 1.11 bits per heavy atom. The molecule has 2 fully saturated rings. The van der Waals surface area contributed by atoms with E-state index in [1.807, 2.05) is 26.0 Å². The molecule has 0 bridgehead atoms. The molecule has 100 valence electrons. The van der Waals surface area contributed by atoms with Gasteiger partial charge in [0.15, 0.2) is 0 Å². The summed E-state index contributed by atoms with van der Waals surface area (Å²) in [6, 6.07) is 3.96. The zero-order chi connectivity index (χ0) is 13.7. The molecule has 0 aromatic heterocycles. The van der Waals surface area contributed by atoms with Crippen LogP contribution in [0, 0.1) is 25.7 Å². The maximum atomic E-state index is 12.5. The Morgan fingerprint density at radius 2 is 1.68 bits per heavy atom. The van der Waals surface area contributed by atoms with Crippen LogP contribution in [-0.2, 0) is 9.59 Å². The number of nitrogens with zero attached hydrogens (tertiary/aromatic N) is 1. The van der Waals surface area contributed by atoms with Gasteiger partial charge in [0.1, 0.15) is 0 Å². The SMILES string of the molecule is Cc1cc(C)c(N2C(=O)C3CCCC3C2=O)c(Br)c1. The Kier molecular flexibility index (Phi) is 3.01. The molecule has 0 radical (unpaired) electrons. The van der Waals surface area contributed by atoms with Crippen molar-refractivity contribution in [3.63, 3.8) is 0 Å². The van der Waals surface area contributed by atoms with Crippen molar-refractivity contribution in [2.45, 2.75) is 33.1 Å². The van der Waals surface area contributed by atoms with Crippen LogP contribution in [0.15, 0.2) is 16.6 Å². The van der Waals surface area contributed by atoms with Crippen LogP contribution >= 0.6 is 15.9 Å². The summed E-state index contributed by atoms with van der Waals surface area (Å²) in [5.74, 6) is -0.194. The molecule has 2 amide bonds. The van der Waals surface area contributed by atoms with Crippen LogP contribution in [0.2, 0.25) is 0 Å². The van der Waals surface area contributed by atoms with E-state index >= 15 is 0 Å². The summed E-state index contributed by atoms with van der Waals surface area (Å²) in [6.45, 7) is 3.95. The van der Waals surface area contributed by atoms with E-state index in [-0.39, 0.29) is 23.7 Å². The third-order valence-corrected chi connectivity index (χ3v) is 4.82. The minimum absolute atomic E-state index is 0.0137. The lowest BCUT2D eigenvalue weighted by atomic mass is 10.00. The van der Waals surface area contributed by atoms with Crippen LogP contribution in [0.5, 0.6) is 0 Å². The molecule has 2 atom stereocenters. The van der Waals surface area contributed by atoms with Gasteiger partial charge in [0.25, 0.3) is 0 Å². The number of carbonyl (C=O) groups excluding carboxylic acids is 2. The molecule has 1 heterocycles. The van der Waals surface area contributed by atoms with Gasteiger partial charge in [-0.3, -0.25) is 9.59 Å². The van der Waals surface area contributed by atoms with Gasteiger partial charge in [0, 0.05) is 4.47 Å². The maximum Gasteiger partial charge on any atom is 0.237 e. The van der Waals surface area contributed by atoms with E-state index in [4.69, 9.17) is 0 Å². The molecule has 0 spiro atoms. The standard InChI is InChI=1S/C15H16BrNO2/c1-8-6-9(2)13(12(16)7-8)17-14(18)10-4-3-5-11(10)15(17)19/h6-7,10-11H,3-5H2,1-2H3. The highest BCUT2D eigenvalue weighted by atomic mass is 79.9. The number of amides is 2. The van der Waals surface area contributed by atoms with E-state index in [0.29, 0.717) is 0 Å². The number of halogens is 1. The minimum atomic E-state index is -0.0832. The van der Waals surface area contributed by atoms with Crippen LogP contribution in [0.4, 0.5) is 5.69 Å². The molecule has 19 heavy (non-hydrogen) atoms. The molecule has 1 aromatic rings. The quantitative estimate of drug-likeness (QED) is 0.744. The number of anilines is 1. The Morgan fingerprint density at radius 3 is 2.21 bits per heavy atom. The van der Waals surface area contributed by atoms with Gasteiger partial charge in [-0.1, -0.05) is 12.5 Å². The second kappa shape index (κ2) is 4.44. The van der Waals surface area contributed by atoms with Gasteiger partial charge < -0.3 is 0 Å². The van der Waals surface area contributed by atoms with E-state index in [1.54, 1.807) is 0 Å². The van der Waals surface area contributed by atoms with E-state index in [0.717, 1.165) is 40.5 Å². The topological polar surface area (TPSA) is 37.4 Å². The summed E-state index contributed by atoms with van der Waals surface area (Å²) in [5, 5.41) is 0. The summed E-state index contributed by atoms with van der Waals surface area (Å²) >= 11 is 3.50. The van der Waals surface area contributed by atoms with Crippen molar-refractivity contribution in [1.29, 1.82) is 0 Å². The Hall–Kier alpha value is -1.16. The highest BCUT2D eigenvalue weighted by molar-refractivity contribution is 9.10. The second-order valence-electron chi connectivity index (χ2n) is 5.57. The lowest BCUT2D eigenvalue weighted by molar-refractivity contribution is -0.122. The number of carbonyl (C=O) groups is 2. The molecular formula is C15H16BrNO2. The highest BCUT2D eigenvalue weighted by Crippen LogP contribution is 2.44. The summed E-state index contributed by atoms with van der Waals surface area (Å²) < 4.78 is 0.826. The predicted octanol–water partition coefficient (Wildman–Crippen LogP) is 3.36. The predicted molar refractivity (Wildman–Crippen MR) is 76.9 cm³/mol. The summed E-state index contributed by atoms with van der Waals surface area (Å²) in [6.07, 6.45) is 2.71. The normalized spacial score (nSPS) is 26.2. The summed E-state index contributed by atoms with van der Waals surface area (Å²) in [4.78, 5) is 26.4. The fourth-order valence-electron chi connectivity index (χ4n) is 3.40. The molecule has 2 unspecified atom stereocenters. The molecule has 1 saturated heterocycles. The molecular weight excluding hydrogens is 306 g/mol. The number of hydrogen-bond acceptors (Lipinski definition) is 2. The van der Waals surface area contributed by atoms with Crippen LogP contribution < -0.4 is 4.90 Å². The van der Waals surface area contributed by atoms with Gasteiger partial charge in [-0.05, 0) is 59.8 Å². The van der Waals surface area contributed by atoms with Gasteiger partial charge >= 0.3 is 0 Å². The van der Waals surface area contributed by atoms with Crippen molar-refractivity contribution in [3.8, 4) is 0 Å². The summed E-state index contributed by atoms with van der Waals surface area (Å²) in [5.41, 5.74) is 2.82. The Balaban J connectivity index is 2.08. The maximum absolute atomic E-state index is 12.5. The van der Waals surface area contributed by atoms with Crippen molar-refractivity contribution in [3.05, 3.63) is 27.7 Å². The average molecular weight is 322 g/mol. The van der Waals surface area contributed by atoms with E-state index < -0.39 is 0 Å². The van der Waals surface area contributed by atoms with Crippen LogP contribution in [0.1, 0.15) is 30.4 Å². The van der Waals surface area contributed by atoms with Gasteiger partial charge in [-0.25, -0.2) is 4.90 Å². The monoisotopic (exact) mass is 321 g/mol. The molecule has 2 aliphatic rings. The first-order valence-electron chi connectivity index (χ1n) is 6.65. The van der Waals surface area contributed by atoms with Crippen molar-refractivity contribution in [1.82, 2.24) is 0 Å². The Bertz CT molecular complexity index is 537. The number of aryl methyl sites for hydroxylation is 2. The largest absolute Gasteiger partial charge is 0.274 e. The molecule has 3 nitrogen and oxygen atoms in total. The fraction of sp³-hybridized carbons (Fsp3) is 0.467. The van der Waals surface area contributed by atoms with Crippen LogP contribution in [0.3, 0.4) is 0 Å². The molecule has 1 aromatic carbocycles. The average Bonchev–Trinajstić information content (AvgIpc) is 2.87. The molecule has 4 heteroatoms. The van der Waals surface area contributed by atoms with E-state index in [1.165, 1.54) is 4.90 Å². The van der Waals surface area contributed by atoms with E-state index in [2.05, 4.69) is 15.9 Å². The van der Waals surface area contributed by atoms with Crippen molar-refractivity contribution < 1.29 is 9.59 Å². The van der Waals surface area contributed by atoms with Crippen LogP contribution in [-0.4, -0.2) is 11.8 Å². The van der Waals surface area contributed by atoms with Gasteiger partial charge in [0.2, 0.25) is 11.8 Å². The first-order valence-corrected chi connectivity index (χ1v) is 7.44. The number of benzene rings is 1. The van der Waals surface area contributed by atoms with Crippen LogP contribution in [0.25, 0.3) is 0 Å². The Labute approximate surface area is 121 Å². The summed E-state index contributed by atoms with van der Waals surface area (Å²) in [7, 11) is 0. The van der Waals surface area contributed by atoms with Crippen molar-refractivity contribution >= 4 is 33.4 Å². The first kappa shape index (κ1) is 12.9. The van der Waals surface area contributed by atoms with E-state index in [9.17, 15) is 9.59 Å². The number of hydrogen-bond donors (Lipinski definition) is 0. The molecule has 1 saturated carbocycles. The highest BCUT2D eigenvalue weighted by Gasteiger charge is 2.50. The first-order chi connectivity index (χ1) is 9.00. The van der Waals surface area contributed by atoms with Gasteiger partial charge in [-0.2, -0.15) is 0 Å². The van der Waals surface area contributed by atoms with Crippen molar-refractivity contribution in [2.24, 2.45) is 11.8 Å². The lowest BCUT2D eigenvalue weighted by Crippen LogP contribution is -2.32. The number of fused-ring (bicyclic) bond motifs is 1. The van der Waals surface area contributed by atoms with Gasteiger partial charge in [-0.15, -0.1) is 0 Å². The third kappa shape index (κ3) is 1.84. The van der Waals surface area contributed by atoms with Crippen molar-refractivity contribution in [2.75, 3.05) is 4.90 Å². The molecule has 0 N–H and O–H groups in total. The minimum Gasteiger partial charge on any atom is -0.274 e.